The molecule has 0 bridgehead atoms. The number of likely N-dealkylation sites (N-methyl/N-ethyl adjacent to an activating group) is 1. The van der Waals surface area contributed by atoms with Crippen molar-refractivity contribution in [2.45, 2.75) is 13.0 Å². The van der Waals surface area contributed by atoms with Gasteiger partial charge in [-0.3, -0.25) is 10.1 Å². The molecule has 2 aromatic rings. The Morgan fingerprint density at radius 2 is 2.33 bits per heavy atom. The maximum Gasteiger partial charge on any atom is 0.319 e. The van der Waals surface area contributed by atoms with Crippen LogP contribution >= 0.6 is 11.3 Å². The summed E-state index contributed by atoms with van der Waals surface area (Å²) in [5.41, 5.74) is 2.46. The van der Waals surface area contributed by atoms with E-state index in [9.17, 15) is 15.2 Å². The molecule has 0 aliphatic carbocycles. The molecule has 0 radical (unpaired) electrons. The molecule has 1 aromatic carbocycles. The molecule has 0 amide bonds. The molecule has 0 aliphatic heterocycles. The highest BCUT2D eigenvalue weighted by Crippen LogP contribution is 2.36. The second kappa shape index (κ2) is 4.87. The van der Waals surface area contributed by atoms with E-state index in [4.69, 9.17) is 0 Å². The molecule has 0 saturated heterocycles. The van der Waals surface area contributed by atoms with Crippen LogP contribution in [0.1, 0.15) is 6.92 Å². The van der Waals surface area contributed by atoms with Crippen molar-refractivity contribution in [1.82, 2.24) is 4.98 Å². The minimum absolute atomic E-state index is 0.00287. The van der Waals surface area contributed by atoms with E-state index in [-0.39, 0.29) is 5.69 Å². The summed E-state index contributed by atoms with van der Waals surface area (Å²) in [6, 6.07) is 3.51. The number of fused-ring (bicyclic) bond motifs is 1. The van der Waals surface area contributed by atoms with Crippen LogP contribution in [0.2, 0.25) is 0 Å². The van der Waals surface area contributed by atoms with Gasteiger partial charge < -0.3 is 10.0 Å². The van der Waals surface area contributed by atoms with Crippen molar-refractivity contribution in [3.8, 4) is 0 Å². The minimum Gasteiger partial charge on any atom is -0.392 e. The summed E-state index contributed by atoms with van der Waals surface area (Å²) in [5, 5.41) is 20.6. The predicted octanol–water partition coefficient (Wildman–Crippen LogP) is 2.02. The molecule has 0 fully saturated rings. The van der Waals surface area contributed by atoms with E-state index < -0.39 is 11.0 Å². The fourth-order valence-corrected chi connectivity index (χ4v) is 2.57. The van der Waals surface area contributed by atoms with Gasteiger partial charge in [0.15, 0.2) is 5.52 Å². The summed E-state index contributed by atoms with van der Waals surface area (Å²) in [6.45, 7) is 1.97. The van der Waals surface area contributed by atoms with Crippen LogP contribution < -0.4 is 4.90 Å². The van der Waals surface area contributed by atoms with Gasteiger partial charge in [0.1, 0.15) is 5.69 Å². The van der Waals surface area contributed by atoms with E-state index in [1.807, 2.05) is 6.07 Å². The standard InChI is InChI=1S/C11H13N3O3S/c1-7(15)5-13(2)8-3-4-9-10(12-6-18-9)11(8)14(16)17/h3-4,6-7,15H,5H2,1-2H3. The van der Waals surface area contributed by atoms with Gasteiger partial charge in [-0.2, -0.15) is 0 Å². The number of aliphatic hydroxyl groups is 1. The molecule has 1 heterocycles. The summed E-state index contributed by atoms with van der Waals surface area (Å²) < 4.78 is 0.788. The number of nitrogens with zero attached hydrogens (tertiary/aromatic N) is 3. The van der Waals surface area contributed by atoms with Crippen LogP contribution in [0.15, 0.2) is 17.6 Å². The molecule has 1 unspecified atom stereocenters. The first kappa shape index (κ1) is 12.7. The monoisotopic (exact) mass is 267 g/mol. The normalized spacial score (nSPS) is 12.6. The van der Waals surface area contributed by atoms with E-state index in [0.29, 0.717) is 17.7 Å². The van der Waals surface area contributed by atoms with E-state index in [1.54, 1.807) is 30.4 Å². The Bertz CT molecular complexity index is 582. The maximum atomic E-state index is 11.2. The first-order valence-electron chi connectivity index (χ1n) is 5.40. The molecule has 7 heteroatoms. The number of aromatic nitrogens is 1. The van der Waals surface area contributed by atoms with Crippen molar-refractivity contribution in [3.05, 3.63) is 27.8 Å². The highest BCUT2D eigenvalue weighted by molar-refractivity contribution is 7.16. The molecule has 0 spiro atoms. The van der Waals surface area contributed by atoms with E-state index in [1.165, 1.54) is 11.3 Å². The smallest absolute Gasteiger partial charge is 0.319 e. The molecule has 18 heavy (non-hydrogen) atoms. The molecule has 1 aromatic heterocycles. The SMILES string of the molecule is CC(O)CN(C)c1ccc2scnc2c1[N+](=O)[O-]. The van der Waals surface area contributed by atoms with Gasteiger partial charge in [0.05, 0.1) is 21.2 Å². The lowest BCUT2D eigenvalue weighted by atomic mass is 10.2. The van der Waals surface area contributed by atoms with Crippen molar-refractivity contribution in [2.75, 3.05) is 18.5 Å². The Morgan fingerprint density at radius 1 is 1.61 bits per heavy atom. The quantitative estimate of drug-likeness (QED) is 0.677. The third-order valence-electron chi connectivity index (χ3n) is 2.59. The van der Waals surface area contributed by atoms with Crippen molar-refractivity contribution >= 4 is 32.9 Å². The van der Waals surface area contributed by atoms with Crippen molar-refractivity contribution in [3.63, 3.8) is 0 Å². The summed E-state index contributed by atoms with van der Waals surface area (Å²) in [5.74, 6) is 0. The molecule has 1 N–H and O–H groups in total. The first-order valence-corrected chi connectivity index (χ1v) is 6.28. The van der Waals surface area contributed by atoms with Crippen LogP contribution in [-0.4, -0.2) is 34.7 Å². The zero-order valence-electron chi connectivity index (χ0n) is 10.0. The summed E-state index contributed by atoms with van der Waals surface area (Å²) in [4.78, 5) is 16.5. The van der Waals surface area contributed by atoms with Crippen molar-refractivity contribution in [2.24, 2.45) is 0 Å². The fourth-order valence-electron chi connectivity index (χ4n) is 1.89. The third kappa shape index (κ3) is 2.27. The van der Waals surface area contributed by atoms with Gasteiger partial charge in [0.25, 0.3) is 0 Å². The zero-order valence-corrected chi connectivity index (χ0v) is 10.8. The number of hydrogen-bond acceptors (Lipinski definition) is 6. The number of benzene rings is 1. The predicted molar refractivity (Wildman–Crippen MR) is 71.2 cm³/mol. The Kier molecular flexibility index (Phi) is 3.44. The zero-order chi connectivity index (χ0) is 13.3. The molecular formula is C11H13N3O3S. The molecule has 1 atom stereocenters. The lowest BCUT2D eigenvalue weighted by molar-refractivity contribution is -0.382. The number of rotatable bonds is 4. The Morgan fingerprint density at radius 3 is 2.94 bits per heavy atom. The van der Waals surface area contributed by atoms with E-state index >= 15 is 0 Å². The number of nitro benzene ring substituents is 1. The highest BCUT2D eigenvalue weighted by atomic mass is 32.1. The van der Waals surface area contributed by atoms with Crippen LogP contribution in [-0.2, 0) is 0 Å². The number of nitro groups is 1. The lowest BCUT2D eigenvalue weighted by Gasteiger charge is -2.20. The molecule has 6 nitrogen and oxygen atoms in total. The van der Waals surface area contributed by atoms with Crippen molar-refractivity contribution in [1.29, 1.82) is 0 Å². The van der Waals surface area contributed by atoms with E-state index in [2.05, 4.69) is 4.98 Å². The van der Waals surface area contributed by atoms with Crippen molar-refractivity contribution < 1.29 is 10.0 Å². The first-order chi connectivity index (χ1) is 8.50. The highest BCUT2D eigenvalue weighted by Gasteiger charge is 2.23. The molecule has 2 rings (SSSR count). The second-order valence-corrected chi connectivity index (χ2v) is 5.01. The second-order valence-electron chi connectivity index (χ2n) is 4.12. The molecule has 0 saturated carbocycles. The average Bonchev–Trinajstić information content (AvgIpc) is 2.73. The Balaban J connectivity index is 2.55. The number of hydrogen-bond donors (Lipinski definition) is 1. The van der Waals surface area contributed by atoms with Crippen LogP contribution in [0, 0.1) is 10.1 Å². The minimum atomic E-state index is -0.555. The Hall–Kier alpha value is -1.73. The summed E-state index contributed by atoms with van der Waals surface area (Å²) in [7, 11) is 1.72. The number of thiazole rings is 1. The average molecular weight is 267 g/mol. The van der Waals surface area contributed by atoms with Gasteiger partial charge in [-0.05, 0) is 19.1 Å². The molecular weight excluding hydrogens is 254 g/mol. The number of anilines is 1. The van der Waals surface area contributed by atoms with Crippen LogP contribution in [0.3, 0.4) is 0 Å². The van der Waals surface area contributed by atoms with Crippen LogP contribution in [0.25, 0.3) is 10.2 Å². The van der Waals surface area contributed by atoms with E-state index in [0.717, 1.165) is 4.70 Å². The summed E-state index contributed by atoms with van der Waals surface area (Å²) in [6.07, 6.45) is -0.555. The van der Waals surface area contributed by atoms with Gasteiger partial charge in [0.2, 0.25) is 0 Å². The lowest BCUT2D eigenvalue weighted by Crippen LogP contribution is -2.27. The van der Waals surface area contributed by atoms with Gasteiger partial charge in [-0.15, -0.1) is 11.3 Å². The summed E-state index contributed by atoms with van der Waals surface area (Å²) >= 11 is 1.37. The maximum absolute atomic E-state index is 11.2. The third-order valence-corrected chi connectivity index (χ3v) is 3.38. The largest absolute Gasteiger partial charge is 0.392 e. The van der Waals surface area contributed by atoms with Gasteiger partial charge in [0, 0.05) is 13.6 Å². The van der Waals surface area contributed by atoms with Gasteiger partial charge in [-0.25, -0.2) is 4.98 Å². The fraction of sp³-hybridized carbons (Fsp3) is 0.364. The topological polar surface area (TPSA) is 79.5 Å². The van der Waals surface area contributed by atoms with Crippen LogP contribution in [0.5, 0.6) is 0 Å². The van der Waals surface area contributed by atoms with Gasteiger partial charge >= 0.3 is 5.69 Å². The Labute approximate surface area is 108 Å². The molecule has 0 aliphatic rings. The van der Waals surface area contributed by atoms with Gasteiger partial charge in [-0.1, -0.05) is 0 Å². The van der Waals surface area contributed by atoms with Crippen LogP contribution in [0.4, 0.5) is 11.4 Å². The molecule has 96 valence electrons. The number of aliphatic hydroxyl groups excluding tert-OH is 1.